The average molecular weight is 440 g/mol. The quantitative estimate of drug-likeness (QED) is 0.619. The van der Waals surface area contributed by atoms with Gasteiger partial charge in [0, 0.05) is 42.5 Å². The van der Waals surface area contributed by atoms with Gasteiger partial charge < -0.3 is 15.3 Å². The molecule has 0 amide bonds. The highest BCUT2D eigenvalue weighted by atomic mass is 19.3. The number of aromatic nitrogens is 4. The molecule has 2 aliphatic heterocycles. The number of phenolic OH excluding ortho intramolecular Hbond substituents is 1. The molecule has 2 bridgehead atoms. The predicted molar refractivity (Wildman–Crippen MR) is 118 cm³/mol. The van der Waals surface area contributed by atoms with Gasteiger partial charge in [-0.15, -0.1) is 10.2 Å². The molecule has 2 fully saturated rings. The maximum Gasteiger partial charge on any atom is 0.333 e. The highest BCUT2D eigenvalue weighted by molar-refractivity contribution is 5.74. The number of anilines is 1. The summed E-state index contributed by atoms with van der Waals surface area (Å²) in [6.45, 7) is -2.70. The largest absolute Gasteiger partial charge is 0.507 e. The molecule has 0 spiro atoms. The SMILES string of the molecule is CN(c1ccc(-c2ccc(-c3cnn(C(F)F)c3)cc2O)nn1)C1C[C@H]2CCC[C@@H](C1)N2. The number of nitrogens with zero attached hydrogens (tertiary/aromatic N) is 5. The van der Waals surface area contributed by atoms with Gasteiger partial charge in [-0.05, 0) is 55.5 Å². The van der Waals surface area contributed by atoms with E-state index in [1.807, 2.05) is 12.1 Å². The fourth-order valence-corrected chi connectivity index (χ4v) is 4.92. The van der Waals surface area contributed by atoms with Crippen molar-refractivity contribution in [2.45, 2.75) is 56.8 Å². The van der Waals surface area contributed by atoms with Crippen molar-refractivity contribution in [2.24, 2.45) is 0 Å². The zero-order chi connectivity index (χ0) is 22.2. The van der Waals surface area contributed by atoms with Crippen molar-refractivity contribution in [3.8, 4) is 28.1 Å². The second kappa shape index (κ2) is 8.46. The van der Waals surface area contributed by atoms with Crippen LogP contribution in [0.5, 0.6) is 5.75 Å². The maximum absolute atomic E-state index is 12.8. The molecule has 1 unspecified atom stereocenters. The van der Waals surface area contributed by atoms with Gasteiger partial charge in [0.2, 0.25) is 0 Å². The summed E-state index contributed by atoms with van der Waals surface area (Å²) in [6.07, 6.45) is 8.61. The molecular weight excluding hydrogens is 414 g/mol. The van der Waals surface area contributed by atoms with Gasteiger partial charge in [-0.3, -0.25) is 0 Å². The normalized spacial score (nSPS) is 22.8. The number of fused-ring (bicyclic) bond motifs is 2. The lowest BCUT2D eigenvalue weighted by Gasteiger charge is -2.43. The number of aromatic hydroxyl groups is 1. The molecule has 32 heavy (non-hydrogen) atoms. The molecule has 2 saturated heterocycles. The summed E-state index contributed by atoms with van der Waals surface area (Å²) in [4.78, 5) is 2.21. The summed E-state index contributed by atoms with van der Waals surface area (Å²) < 4.78 is 26.1. The van der Waals surface area contributed by atoms with Crippen molar-refractivity contribution in [2.75, 3.05) is 11.9 Å². The van der Waals surface area contributed by atoms with Crippen LogP contribution in [0, 0.1) is 0 Å². The summed E-state index contributed by atoms with van der Waals surface area (Å²) in [6, 6.07) is 10.4. The fraction of sp³-hybridized carbons (Fsp3) is 0.435. The topological polar surface area (TPSA) is 79.1 Å². The van der Waals surface area contributed by atoms with Crippen molar-refractivity contribution in [3.63, 3.8) is 0 Å². The minimum atomic E-state index is -2.70. The Labute approximate surface area is 185 Å². The van der Waals surface area contributed by atoms with Gasteiger partial charge >= 0.3 is 6.55 Å². The molecule has 1 aromatic carbocycles. The summed E-state index contributed by atoms with van der Waals surface area (Å²) in [7, 11) is 2.07. The third kappa shape index (κ3) is 4.04. The van der Waals surface area contributed by atoms with Gasteiger partial charge in [0.05, 0.1) is 11.9 Å². The number of rotatable bonds is 5. The van der Waals surface area contributed by atoms with Crippen LogP contribution in [0.25, 0.3) is 22.4 Å². The van der Waals surface area contributed by atoms with Crippen LogP contribution in [0.4, 0.5) is 14.6 Å². The molecule has 3 aromatic rings. The minimum Gasteiger partial charge on any atom is -0.507 e. The Balaban J connectivity index is 1.32. The highest BCUT2D eigenvalue weighted by Gasteiger charge is 2.33. The second-order valence-electron chi connectivity index (χ2n) is 8.72. The van der Waals surface area contributed by atoms with Gasteiger partial charge in [0.15, 0.2) is 5.82 Å². The number of phenols is 1. The smallest absolute Gasteiger partial charge is 0.333 e. The van der Waals surface area contributed by atoms with Crippen molar-refractivity contribution < 1.29 is 13.9 Å². The second-order valence-corrected chi connectivity index (χ2v) is 8.72. The molecule has 3 atom stereocenters. The van der Waals surface area contributed by atoms with Crippen molar-refractivity contribution in [3.05, 3.63) is 42.7 Å². The van der Waals surface area contributed by atoms with E-state index in [0.717, 1.165) is 18.7 Å². The first-order valence-electron chi connectivity index (χ1n) is 11.0. The van der Waals surface area contributed by atoms with Crippen LogP contribution in [0.3, 0.4) is 0 Å². The van der Waals surface area contributed by atoms with E-state index in [-0.39, 0.29) is 5.75 Å². The lowest BCUT2D eigenvalue weighted by Crippen LogP contribution is -2.54. The summed E-state index contributed by atoms with van der Waals surface area (Å²) in [5.41, 5.74) is 2.19. The molecule has 9 heteroatoms. The summed E-state index contributed by atoms with van der Waals surface area (Å²) in [5.74, 6) is 0.822. The van der Waals surface area contributed by atoms with Crippen molar-refractivity contribution in [1.82, 2.24) is 25.3 Å². The molecule has 5 rings (SSSR count). The Morgan fingerprint density at radius 2 is 1.88 bits per heavy atom. The Morgan fingerprint density at radius 1 is 1.09 bits per heavy atom. The summed E-state index contributed by atoms with van der Waals surface area (Å²) >= 11 is 0. The maximum atomic E-state index is 12.8. The molecule has 2 aliphatic rings. The summed E-state index contributed by atoms with van der Waals surface area (Å²) in [5, 5.41) is 26.7. The molecule has 2 aromatic heterocycles. The highest BCUT2D eigenvalue weighted by Crippen LogP contribution is 2.34. The van der Waals surface area contributed by atoms with Gasteiger partial charge in [0.25, 0.3) is 0 Å². The predicted octanol–water partition coefficient (Wildman–Crippen LogP) is 4.22. The van der Waals surface area contributed by atoms with E-state index in [4.69, 9.17) is 0 Å². The third-order valence-electron chi connectivity index (χ3n) is 6.66. The molecule has 7 nitrogen and oxygen atoms in total. The van der Waals surface area contributed by atoms with Gasteiger partial charge in [-0.25, -0.2) is 4.68 Å². The van der Waals surface area contributed by atoms with E-state index in [1.165, 1.54) is 37.7 Å². The number of hydrogen-bond acceptors (Lipinski definition) is 6. The van der Waals surface area contributed by atoms with Crippen LogP contribution in [-0.2, 0) is 0 Å². The Kier molecular flexibility index (Phi) is 5.50. The van der Waals surface area contributed by atoms with Gasteiger partial charge in [-0.2, -0.15) is 13.9 Å². The van der Waals surface area contributed by atoms with E-state index < -0.39 is 6.55 Å². The number of halogens is 2. The number of piperidine rings is 2. The Hall–Kier alpha value is -3.07. The molecule has 2 N–H and O–H groups in total. The standard InChI is InChI=1S/C23H26F2N6O/c1-30(18-10-16-3-2-4-17(11-18)27-16)22-8-7-20(28-29-22)19-6-5-14(9-21(19)32)15-12-26-31(13-15)23(24)25/h5-9,12-13,16-18,23,27,32H,2-4,10-11H2,1H3/t16-,17+,18?. The van der Waals surface area contributed by atoms with E-state index in [9.17, 15) is 13.9 Å². The molecule has 4 heterocycles. The molecule has 0 radical (unpaired) electrons. The minimum absolute atomic E-state index is 0.00822. The number of hydrogen-bond donors (Lipinski definition) is 2. The van der Waals surface area contributed by atoms with Crippen LogP contribution in [0.15, 0.2) is 42.7 Å². The van der Waals surface area contributed by atoms with Crippen LogP contribution in [-0.4, -0.2) is 50.3 Å². The molecular formula is C23H26F2N6O. The number of benzene rings is 1. The van der Waals surface area contributed by atoms with E-state index >= 15 is 0 Å². The Bertz CT molecular complexity index is 1070. The number of alkyl halides is 2. The van der Waals surface area contributed by atoms with Crippen LogP contribution < -0.4 is 10.2 Å². The zero-order valence-corrected chi connectivity index (χ0v) is 17.8. The third-order valence-corrected chi connectivity index (χ3v) is 6.66. The van der Waals surface area contributed by atoms with Crippen LogP contribution in [0.2, 0.25) is 0 Å². The lowest BCUT2D eigenvalue weighted by molar-refractivity contribution is 0.0566. The first kappa shape index (κ1) is 20.8. The van der Waals surface area contributed by atoms with E-state index in [2.05, 4.69) is 32.6 Å². The molecule has 0 aliphatic carbocycles. The molecule has 168 valence electrons. The van der Waals surface area contributed by atoms with Crippen molar-refractivity contribution in [1.29, 1.82) is 0 Å². The zero-order valence-electron chi connectivity index (χ0n) is 17.8. The van der Waals surface area contributed by atoms with Crippen molar-refractivity contribution >= 4 is 5.82 Å². The average Bonchev–Trinajstić information content (AvgIpc) is 3.29. The first-order chi connectivity index (χ1) is 15.5. The van der Waals surface area contributed by atoms with Gasteiger partial charge in [-0.1, -0.05) is 12.5 Å². The Morgan fingerprint density at radius 3 is 2.50 bits per heavy atom. The molecule has 0 saturated carbocycles. The number of nitrogens with one attached hydrogen (secondary N) is 1. The lowest BCUT2D eigenvalue weighted by atomic mass is 9.83. The first-order valence-corrected chi connectivity index (χ1v) is 11.0. The van der Waals surface area contributed by atoms with Crippen LogP contribution >= 0.6 is 0 Å². The fourth-order valence-electron chi connectivity index (χ4n) is 4.92. The monoisotopic (exact) mass is 440 g/mol. The van der Waals surface area contributed by atoms with Gasteiger partial charge in [0.1, 0.15) is 5.75 Å². The van der Waals surface area contributed by atoms with Crippen LogP contribution in [0.1, 0.15) is 38.7 Å². The van der Waals surface area contributed by atoms with E-state index in [1.54, 1.807) is 12.1 Å². The van der Waals surface area contributed by atoms with E-state index in [0.29, 0.717) is 45.2 Å².